The van der Waals surface area contributed by atoms with E-state index < -0.39 is 0 Å². The lowest BCUT2D eigenvalue weighted by molar-refractivity contribution is -0.122. The van der Waals surface area contributed by atoms with Crippen LogP contribution in [-0.4, -0.2) is 42.7 Å². The molecule has 1 aromatic carbocycles. The first-order chi connectivity index (χ1) is 9.51. The molecule has 0 spiro atoms. The third kappa shape index (κ3) is 4.58. The number of phenolic OH excluding ortho intramolecular Hbond substituents is 1. The molecule has 0 unspecified atom stereocenters. The van der Waals surface area contributed by atoms with E-state index in [9.17, 15) is 9.90 Å². The first-order valence-corrected chi connectivity index (χ1v) is 6.94. The van der Waals surface area contributed by atoms with Gasteiger partial charge >= 0.3 is 0 Å². The molecule has 6 heteroatoms. The van der Waals surface area contributed by atoms with Gasteiger partial charge in [-0.2, -0.15) is 0 Å². The fraction of sp³-hybridized carbons (Fsp3) is 0.500. The molecule has 0 aliphatic heterocycles. The Morgan fingerprint density at radius 3 is 2.70 bits per heavy atom. The number of aromatic hydroxyl groups is 1. The second kappa shape index (κ2) is 7.97. The summed E-state index contributed by atoms with van der Waals surface area (Å²) in [5.41, 5.74) is 0.885. The molecule has 0 aliphatic carbocycles. The molecule has 0 aromatic heterocycles. The average Bonchev–Trinajstić information content (AvgIpc) is 2.42. The molecule has 0 radical (unpaired) electrons. The molecule has 0 heterocycles. The van der Waals surface area contributed by atoms with Crippen LogP contribution in [0.1, 0.15) is 19.4 Å². The normalized spacial score (nSPS) is 10.7. The Kier molecular flexibility index (Phi) is 6.61. The van der Waals surface area contributed by atoms with Crippen molar-refractivity contribution < 1.29 is 14.6 Å². The molecule has 0 aliphatic rings. The van der Waals surface area contributed by atoms with Gasteiger partial charge in [0.15, 0.2) is 11.5 Å². The first kappa shape index (κ1) is 16.6. The number of hydrogen-bond acceptors (Lipinski definition) is 4. The number of ether oxygens (including phenoxy) is 1. The van der Waals surface area contributed by atoms with E-state index in [2.05, 4.69) is 5.32 Å². The molecule has 20 heavy (non-hydrogen) atoms. The zero-order valence-corrected chi connectivity index (χ0v) is 12.8. The van der Waals surface area contributed by atoms with E-state index in [0.29, 0.717) is 25.4 Å². The molecule has 2 N–H and O–H groups in total. The Labute approximate surface area is 124 Å². The highest BCUT2D eigenvalue weighted by molar-refractivity contribution is 6.32. The van der Waals surface area contributed by atoms with E-state index in [1.165, 1.54) is 7.11 Å². The Hall–Kier alpha value is -1.46. The smallest absolute Gasteiger partial charge is 0.234 e. The van der Waals surface area contributed by atoms with Crippen molar-refractivity contribution in [2.75, 3.05) is 26.7 Å². The van der Waals surface area contributed by atoms with Crippen LogP contribution in [0.3, 0.4) is 0 Å². The van der Waals surface area contributed by atoms with Crippen LogP contribution >= 0.6 is 11.6 Å². The van der Waals surface area contributed by atoms with Crippen molar-refractivity contribution in [2.45, 2.75) is 20.4 Å². The van der Waals surface area contributed by atoms with Crippen LogP contribution in [0.15, 0.2) is 12.1 Å². The van der Waals surface area contributed by atoms with Gasteiger partial charge in [-0.05, 0) is 31.2 Å². The summed E-state index contributed by atoms with van der Waals surface area (Å²) in [4.78, 5) is 13.6. The second-order valence-electron chi connectivity index (χ2n) is 4.39. The number of rotatable bonds is 7. The molecule has 0 fully saturated rings. The number of halogens is 1. The lowest BCUT2D eigenvalue weighted by atomic mass is 10.2. The maximum atomic E-state index is 11.6. The Bertz CT molecular complexity index is 466. The number of likely N-dealkylation sites (N-methyl/N-ethyl adjacent to an activating group) is 2. The number of nitrogens with one attached hydrogen (secondary N) is 1. The molecule has 112 valence electrons. The van der Waals surface area contributed by atoms with Gasteiger partial charge in [-0.3, -0.25) is 9.69 Å². The summed E-state index contributed by atoms with van der Waals surface area (Å²) in [6.07, 6.45) is 0. The highest BCUT2D eigenvalue weighted by atomic mass is 35.5. The number of carbonyl (C=O) groups excluding carboxylic acids is 1. The molecular weight excluding hydrogens is 280 g/mol. The van der Waals surface area contributed by atoms with Gasteiger partial charge in [-0.25, -0.2) is 0 Å². The van der Waals surface area contributed by atoms with Crippen LogP contribution in [0.5, 0.6) is 11.5 Å². The van der Waals surface area contributed by atoms with E-state index in [0.717, 1.165) is 12.1 Å². The van der Waals surface area contributed by atoms with Gasteiger partial charge in [-0.15, -0.1) is 0 Å². The van der Waals surface area contributed by atoms with Crippen LogP contribution in [0.2, 0.25) is 5.02 Å². The topological polar surface area (TPSA) is 61.8 Å². The summed E-state index contributed by atoms with van der Waals surface area (Å²) in [6, 6.07) is 3.40. The summed E-state index contributed by atoms with van der Waals surface area (Å²) < 4.78 is 5.07. The van der Waals surface area contributed by atoms with Gasteiger partial charge in [0.2, 0.25) is 5.91 Å². The maximum absolute atomic E-state index is 11.6. The van der Waals surface area contributed by atoms with Gasteiger partial charge in [0.25, 0.3) is 0 Å². The van der Waals surface area contributed by atoms with Crippen molar-refractivity contribution in [1.82, 2.24) is 10.2 Å². The van der Waals surface area contributed by atoms with E-state index in [-0.39, 0.29) is 16.7 Å². The SMILES string of the molecule is CCNC(=O)CN(CC)Cc1cc(Cl)c(O)c(OC)c1. The first-order valence-electron chi connectivity index (χ1n) is 6.56. The van der Waals surface area contributed by atoms with Crippen LogP contribution in [0, 0.1) is 0 Å². The third-order valence-electron chi connectivity index (χ3n) is 2.90. The van der Waals surface area contributed by atoms with Crippen LogP contribution in [-0.2, 0) is 11.3 Å². The average molecular weight is 301 g/mol. The Morgan fingerprint density at radius 2 is 2.15 bits per heavy atom. The van der Waals surface area contributed by atoms with Crippen molar-refractivity contribution in [3.05, 3.63) is 22.7 Å². The maximum Gasteiger partial charge on any atom is 0.234 e. The molecule has 0 atom stereocenters. The molecule has 5 nitrogen and oxygen atoms in total. The second-order valence-corrected chi connectivity index (χ2v) is 4.79. The quantitative estimate of drug-likeness (QED) is 0.809. The molecule has 1 amide bonds. The van der Waals surface area contributed by atoms with E-state index >= 15 is 0 Å². The fourth-order valence-corrected chi connectivity index (χ4v) is 2.10. The number of nitrogens with zero attached hydrogens (tertiary/aromatic N) is 1. The monoisotopic (exact) mass is 300 g/mol. The standard InChI is InChI=1S/C14H21ClN2O3/c1-4-16-13(18)9-17(5-2)8-10-6-11(15)14(19)12(7-10)20-3/h6-7,19H,4-5,8-9H2,1-3H3,(H,16,18). The summed E-state index contributed by atoms with van der Waals surface area (Å²) in [7, 11) is 1.47. The lowest BCUT2D eigenvalue weighted by Gasteiger charge is -2.20. The summed E-state index contributed by atoms with van der Waals surface area (Å²) in [5.74, 6) is 0.262. The molecule has 1 aromatic rings. The van der Waals surface area contributed by atoms with Crippen LogP contribution in [0.4, 0.5) is 0 Å². The summed E-state index contributed by atoms with van der Waals surface area (Å²) >= 11 is 5.95. The molecule has 0 saturated carbocycles. The van der Waals surface area contributed by atoms with Crippen molar-refractivity contribution >= 4 is 17.5 Å². The van der Waals surface area contributed by atoms with Gasteiger partial charge in [0.05, 0.1) is 18.7 Å². The molecular formula is C14H21ClN2O3. The van der Waals surface area contributed by atoms with Gasteiger partial charge in [0.1, 0.15) is 0 Å². The van der Waals surface area contributed by atoms with Crippen LogP contribution in [0.25, 0.3) is 0 Å². The third-order valence-corrected chi connectivity index (χ3v) is 3.19. The summed E-state index contributed by atoms with van der Waals surface area (Å²) in [6.45, 7) is 6.11. The predicted octanol–water partition coefficient (Wildman–Crippen LogP) is 2.01. The Balaban J connectivity index is 2.79. The molecule has 0 bridgehead atoms. The van der Waals surface area contributed by atoms with Gasteiger partial charge in [-0.1, -0.05) is 18.5 Å². The number of carbonyl (C=O) groups is 1. The van der Waals surface area contributed by atoms with Crippen molar-refractivity contribution in [3.63, 3.8) is 0 Å². The van der Waals surface area contributed by atoms with Gasteiger partial charge in [0, 0.05) is 13.1 Å². The van der Waals surface area contributed by atoms with E-state index in [1.54, 1.807) is 12.1 Å². The molecule has 0 saturated heterocycles. The number of benzene rings is 1. The predicted molar refractivity (Wildman–Crippen MR) is 79.3 cm³/mol. The largest absolute Gasteiger partial charge is 0.503 e. The highest BCUT2D eigenvalue weighted by Gasteiger charge is 2.13. The van der Waals surface area contributed by atoms with Crippen molar-refractivity contribution in [3.8, 4) is 11.5 Å². The number of hydrogen-bond donors (Lipinski definition) is 2. The van der Waals surface area contributed by atoms with E-state index in [4.69, 9.17) is 16.3 Å². The minimum absolute atomic E-state index is 0.00816. The molecule has 1 rings (SSSR count). The summed E-state index contributed by atoms with van der Waals surface area (Å²) in [5, 5.41) is 12.7. The highest BCUT2D eigenvalue weighted by Crippen LogP contribution is 2.35. The number of phenols is 1. The minimum Gasteiger partial charge on any atom is -0.503 e. The number of methoxy groups -OCH3 is 1. The lowest BCUT2D eigenvalue weighted by Crippen LogP contribution is -2.36. The van der Waals surface area contributed by atoms with Crippen LogP contribution < -0.4 is 10.1 Å². The Morgan fingerprint density at radius 1 is 1.45 bits per heavy atom. The van der Waals surface area contributed by atoms with E-state index in [1.807, 2.05) is 18.7 Å². The zero-order chi connectivity index (χ0) is 15.1. The number of amides is 1. The van der Waals surface area contributed by atoms with Crippen molar-refractivity contribution in [2.24, 2.45) is 0 Å². The van der Waals surface area contributed by atoms with Gasteiger partial charge < -0.3 is 15.2 Å². The minimum atomic E-state index is -0.0651. The zero-order valence-electron chi connectivity index (χ0n) is 12.1. The fourth-order valence-electron chi connectivity index (χ4n) is 1.87. The van der Waals surface area contributed by atoms with Crippen molar-refractivity contribution in [1.29, 1.82) is 0 Å².